The first-order valence-electron chi connectivity index (χ1n) is 19.5. The number of nitrogens with zero attached hydrogens (tertiary/aromatic N) is 4. The molecular weight excluding hydrogens is 690 g/mol. The first kappa shape index (κ1) is 46.6. The second-order valence-corrected chi connectivity index (χ2v) is 16.0. The number of methoxy groups -OCH3 is 2. The van der Waals surface area contributed by atoms with Gasteiger partial charge in [0.15, 0.2) is 0 Å². The molecule has 306 valence electrons. The van der Waals surface area contributed by atoms with Gasteiger partial charge in [-0.25, -0.2) is 4.79 Å². The second-order valence-electron chi connectivity index (χ2n) is 16.0. The molecule has 54 heavy (non-hydrogen) atoms. The summed E-state index contributed by atoms with van der Waals surface area (Å²) in [6.45, 7) is 14.0. The van der Waals surface area contributed by atoms with Gasteiger partial charge in [-0.1, -0.05) is 85.2 Å². The number of carbonyl (C=O) groups is 5. The predicted octanol–water partition coefficient (Wildman–Crippen LogP) is 3.79. The minimum absolute atomic E-state index is 0.00872. The molecule has 0 aliphatic carbocycles. The van der Waals surface area contributed by atoms with Crippen LogP contribution in [0.25, 0.3) is 0 Å². The van der Waals surface area contributed by atoms with Crippen LogP contribution in [0.4, 0.5) is 0 Å². The molecular formula is C41H69N5O8. The SMILES string of the molecule is CC[C@H](C)[C@@H]([C@@H](CC(=O)N1CCC[C@H]1[C@H](OC)[C@@H](C)C(=O)N(C)[C@@H](Cc1ccccc1)C(=O)O)OC)N(C)C(=O)[C@@H](NC(=O)[C@H](C(C)C)N(C)C)C(C)C. The van der Waals surface area contributed by atoms with Gasteiger partial charge in [-0.15, -0.1) is 0 Å². The van der Waals surface area contributed by atoms with Crippen molar-refractivity contribution < 1.29 is 38.6 Å². The second kappa shape index (κ2) is 21.5. The van der Waals surface area contributed by atoms with E-state index < -0.39 is 54.3 Å². The number of ether oxygens (including phenoxy) is 2. The van der Waals surface area contributed by atoms with Gasteiger partial charge in [-0.2, -0.15) is 0 Å². The minimum Gasteiger partial charge on any atom is -0.480 e. The lowest BCUT2D eigenvalue weighted by Crippen LogP contribution is -2.59. The molecule has 4 amide bonds. The van der Waals surface area contributed by atoms with Crippen LogP contribution in [0.15, 0.2) is 30.3 Å². The summed E-state index contributed by atoms with van der Waals surface area (Å²) in [5.41, 5.74) is 0.803. The van der Waals surface area contributed by atoms with Crippen LogP contribution >= 0.6 is 0 Å². The van der Waals surface area contributed by atoms with Gasteiger partial charge >= 0.3 is 5.97 Å². The van der Waals surface area contributed by atoms with Crippen LogP contribution in [-0.4, -0.2) is 146 Å². The number of amides is 4. The Bertz CT molecular complexity index is 1370. The summed E-state index contributed by atoms with van der Waals surface area (Å²) in [6, 6.07) is 6.02. The fourth-order valence-corrected chi connectivity index (χ4v) is 8.10. The van der Waals surface area contributed by atoms with Crippen molar-refractivity contribution >= 4 is 29.6 Å². The molecule has 0 radical (unpaired) electrons. The Balaban J connectivity index is 2.31. The van der Waals surface area contributed by atoms with Crippen molar-refractivity contribution in [1.29, 1.82) is 0 Å². The molecule has 2 rings (SSSR count). The number of likely N-dealkylation sites (N-methyl/N-ethyl adjacent to an activating group) is 3. The van der Waals surface area contributed by atoms with E-state index >= 15 is 0 Å². The molecule has 2 N–H and O–H groups in total. The van der Waals surface area contributed by atoms with Gasteiger partial charge in [-0.3, -0.25) is 24.1 Å². The van der Waals surface area contributed by atoms with Crippen molar-refractivity contribution in [1.82, 2.24) is 24.9 Å². The third-order valence-electron chi connectivity index (χ3n) is 11.3. The number of benzene rings is 1. The topological polar surface area (TPSA) is 149 Å². The largest absolute Gasteiger partial charge is 0.480 e. The zero-order valence-electron chi connectivity index (χ0n) is 35.1. The summed E-state index contributed by atoms with van der Waals surface area (Å²) >= 11 is 0. The highest BCUT2D eigenvalue weighted by Gasteiger charge is 2.44. The number of carbonyl (C=O) groups excluding carboxylic acids is 4. The van der Waals surface area contributed by atoms with Crippen LogP contribution in [0.2, 0.25) is 0 Å². The molecule has 13 nitrogen and oxygen atoms in total. The normalized spacial score (nSPS) is 19.1. The van der Waals surface area contributed by atoms with Crippen LogP contribution in [0.1, 0.15) is 79.7 Å². The zero-order valence-corrected chi connectivity index (χ0v) is 35.1. The fourth-order valence-electron chi connectivity index (χ4n) is 8.10. The fraction of sp³-hybridized carbons (Fsp3) is 0.732. The predicted molar refractivity (Wildman–Crippen MR) is 210 cm³/mol. The number of hydrogen-bond donors (Lipinski definition) is 2. The Hall–Kier alpha value is -3.55. The molecule has 1 aliphatic heterocycles. The Morgan fingerprint density at radius 2 is 1.50 bits per heavy atom. The molecule has 0 spiro atoms. The van der Waals surface area contributed by atoms with Gasteiger partial charge in [0.25, 0.3) is 0 Å². The van der Waals surface area contributed by atoms with Gasteiger partial charge in [0.05, 0.1) is 42.7 Å². The summed E-state index contributed by atoms with van der Waals surface area (Å²) in [5, 5.41) is 13.1. The van der Waals surface area contributed by atoms with Crippen molar-refractivity contribution in [3.63, 3.8) is 0 Å². The van der Waals surface area contributed by atoms with E-state index in [0.717, 1.165) is 12.0 Å². The summed E-state index contributed by atoms with van der Waals surface area (Å²) in [7, 11) is 9.97. The lowest BCUT2D eigenvalue weighted by Gasteiger charge is -2.41. The zero-order chi connectivity index (χ0) is 41.0. The number of nitrogens with one attached hydrogen (secondary N) is 1. The van der Waals surface area contributed by atoms with Gasteiger partial charge in [0.1, 0.15) is 12.1 Å². The van der Waals surface area contributed by atoms with Crippen LogP contribution in [-0.2, 0) is 39.9 Å². The number of aliphatic carboxylic acids is 1. The van der Waals surface area contributed by atoms with Gasteiger partial charge in [0, 0.05) is 41.3 Å². The molecule has 0 bridgehead atoms. The minimum atomic E-state index is -1.10. The highest BCUT2D eigenvalue weighted by Crippen LogP contribution is 2.30. The van der Waals surface area contributed by atoms with E-state index in [0.29, 0.717) is 19.4 Å². The van der Waals surface area contributed by atoms with E-state index in [1.165, 1.54) is 19.1 Å². The number of hydrogen-bond acceptors (Lipinski definition) is 8. The van der Waals surface area contributed by atoms with E-state index in [1.54, 1.807) is 30.9 Å². The van der Waals surface area contributed by atoms with Crippen LogP contribution < -0.4 is 5.32 Å². The molecule has 1 heterocycles. The maximum atomic E-state index is 14.2. The van der Waals surface area contributed by atoms with Crippen LogP contribution in [0.5, 0.6) is 0 Å². The maximum absolute atomic E-state index is 14.2. The van der Waals surface area contributed by atoms with Crippen molar-refractivity contribution in [3.8, 4) is 0 Å². The highest BCUT2D eigenvalue weighted by molar-refractivity contribution is 5.90. The van der Waals surface area contributed by atoms with E-state index in [4.69, 9.17) is 9.47 Å². The van der Waals surface area contributed by atoms with Crippen molar-refractivity contribution in [2.75, 3.05) is 49.0 Å². The first-order valence-corrected chi connectivity index (χ1v) is 19.5. The summed E-state index contributed by atoms with van der Waals surface area (Å²) in [6.07, 6.45) is 0.857. The van der Waals surface area contributed by atoms with Crippen LogP contribution in [0, 0.1) is 23.7 Å². The standard InChI is InChI=1S/C41H69N5O8/c1-14-27(6)36(45(11)40(50)34(25(2)3)42-38(48)35(26(4)5)43(8)9)32(53-12)24-33(47)46-22-18-21-30(46)37(54-13)28(7)39(49)44(10)31(41(51)52)23-29-19-16-15-17-20-29/h15-17,19-20,25-28,30-32,34-37H,14,18,21-24H2,1-13H3,(H,42,48)(H,51,52)/t27-,28+,30-,31-,32+,34-,35-,36-,37+/m0/s1. The summed E-state index contributed by atoms with van der Waals surface area (Å²) in [5.74, 6) is -3.06. The monoisotopic (exact) mass is 760 g/mol. The Labute approximate surface area is 324 Å². The Morgan fingerprint density at radius 1 is 0.889 bits per heavy atom. The molecule has 1 fully saturated rings. The van der Waals surface area contributed by atoms with Crippen LogP contribution in [0.3, 0.4) is 0 Å². The van der Waals surface area contributed by atoms with Gasteiger partial charge < -0.3 is 34.6 Å². The van der Waals surface area contributed by atoms with Gasteiger partial charge in [0.2, 0.25) is 23.6 Å². The summed E-state index contributed by atoms with van der Waals surface area (Å²) < 4.78 is 11.9. The molecule has 1 saturated heterocycles. The molecule has 0 saturated carbocycles. The first-order chi connectivity index (χ1) is 25.3. The van der Waals surface area contributed by atoms with E-state index in [2.05, 4.69) is 5.32 Å². The quantitative estimate of drug-likeness (QED) is 0.191. The molecule has 1 aromatic carbocycles. The van der Waals surface area contributed by atoms with Gasteiger partial charge in [-0.05, 0) is 50.3 Å². The van der Waals surface area contributed by atoms with Crippen molar-refractivity contribution in [3.05, 3.63) is 35.9 Å². The summed E-state index contributed by atoms with van der Waals surface area (Å²) in [4.78, 5) is 74.6. The number of rotatable bonds is 21. The molecule has 1 aromatic rings. The lowest BCUT2D eigenvalue weighted by atomic mass is 9.89. The molecule has 0 aromatic heterocycles. The maximum Gasteiger partial charge on any atom is 0.326 e. The van der Waals surface area contributed by atoms with Crippen molar-refractivity contribution in [2.45, 2.75) is 123 Å². The van der Waals surface area contributed by atoms with E-state index in [1.807, 2.05) is 90.9 Å². The molecule has 1 aliphatic rings. The average Bonchev–Trinajstić information content (AvgIpc) is 3.61. The van der Waals surface area contributed by atoms with Crippen molar-refractivity contribution in [2.24, 2.45) is 23.7 Å². The smallest absolute Gasteiger partial charge is 0.326 e. The number of carboxylic acid groups (broad SMARTS) is 1. The van der Waals surface area contributed by atoms with E-state index in [9.17, 15) is 29.1 Å². The molecule has 9 atom stereocenters. The third kappa shape index (κ3) is 11.7. The molecule has 13 heteroatoms. The Morgan fingerprint density at radius 3 is 1.98 bits per heavy atom. The van der Waals surface area contributed by atoms with E-state index in [-0.39, 0.29) is 54.2 Å². The number of likely N-dealkylation sites (tertiary alicyclic amines) is 1. The lowest BCUT2D eigenvalue weighted by molar-refractivity contribution is -0.154. The Kier molecular flexibility index (Phi) is 18.6. The number of carboxylic acids is 1. The average molecular weight is 760 g/mol. The molecule has 0 unspecified atom stereocenters. The highest BCUT2D eigenvalue weighted by atomic mass is 16.5. The third-order valence-corrected chi connectivity index (χ3v) is 11.3.